The lowest BCUT2D eigenvalue weighted by atomic mass is 10.1. The Morgan fingerprint density at radius 1 is 0.209 bits per heavy atom. The first kappa shape index (κ1) is 91.3. The van der Waals surface area contributed by atoms with E-state index in [2.05, 4.69) is 0 Å². The highest BCUT2D eigenvalue weighted by atomic mass is 32.2. The van der Waals surface area contributed by atoms with E-state index in [1.54, 1.807) is 0 Å². The van der Waals surface area contributed by atoms with Crippen molar-refractivity contribution < 1.29 is 148 Å². The minimum absolute atomic E-state index is 0.0900. The molecule has 0 aliphatic heterocycles. The van der Waals surface area contributed by atoms with Crippen molar-refractivity contribution in [3.63, 3.8) is 0 Å². The van der Waals surface area contributed by atoms with Crippen LogP contribution in [0, 0.1) is 0 Å². The Morgan fingerprint density at radius 2 is 0.360 bits per heavy atom. The largest absolute Gasteiger partial charge is 0.748 e. The van der Waals surface area contributed by atoms with Crippen LogP contribution in [0.1, 0.15) is 173 Å². The molecule has 0 aromatic rings. The number of unbranched alkanes of at least 4 members (excludes halogenated alkanes) is 19. The van der Waals surface area contributed by atoms with Gasteiger partial charge in [-0.15, -0.1) is 0 Å². The van der Waals surface area contributed by atoms with E-state index in [-0.39, 0.29) is 30.8 Å². The average molecular weight is 1420 g/mol. The van der Waals surface area contributed by atoms with Crippen LogP contribution in [0.3, 0.4) is 0 Å². The first-order chi connectivity index (χ1) is 39.5. The van der Waals surface area contributed by atoms with Crippen molar-refractivity contribution in [3.8, 4) is 0 Å². The lowest BCUT2D eigenvalue weighted by molar-refractivity contribution is -0.0114. The minimum Gasteiger partial charge on any atom is -0.748 e. The van der Waals surface area contributed by atoms with Crippen molar-refractivity contribution in [1.29, 1.82) is 0 Å². The van der Waals surface area contributed by atoms with E-state index < -0.39 is 140 Å². The Labute approximate surface area is 510 Å². The zero-order valence-electron chi connectivity index (χ0n) is 48.2. The number of hydrogen-bond acceptors (Lipinski definition) is 33. The summed E-state index contributed by atoms with van der Waals surface area (Å²) >= 11 is 0. The molecule has 0 spiro atoms. The fraction of sp³-hybridized carbons (Fsp3) is 1.00. The van der Waals surface area contributed by atoms with E-state index in [0.29, 0.717) is 65.7 Å². The molecule has 0 radical (unpaired) electrons. The molecule has 33 nitrogen and oxygen atoms in total. The maximum Gasteiger partial charge on any atom is 0.143 e. The quantitative estimate of drug-likeness (QED) is 0.0467. The first-order valence-electron chi connectivity index (χ1n) is 27.7. The van der Waals surface area contributed by atoms with Crippen LogP contribution in [0.25, 0.3) is 0 Å². The predicted octanol–water partition coefficient (Wildman–Crippen LogP) is 0.197. The van der Waals surface area contributed by atoms with E-state index in [1.807, 2.05) is 0 Å². The van der Waals surface area contributed by atoms with Crippen LogP contribution in [0.15, 0.2) is 0 Å². The van der Waals surface area contributed by atoms with E-state index in [9.17, 15) is 104 Å². The van der Waals surface area contributed by atoms with Crippen molar-refractivity contribution in [1.82, 2.24) is 0 Å². The lowest BCUT2D eigenvalue weighted by Gasteiger charge is -2.18. The predicted molar refractivity (Wildman–Crippen MR) is 300 cm³/mol. The molecule has 0 aliphatic rings. The summed E-state index contributed by atoms with van der Waals surface area (Å²) < 4.78 is 272. The second kappa shape index (κ2) is 52.4. The van der Waals surface area contributed by atoms with Crippen molar-refractivity contribution >= 4 is 80.9 Å². The highest BCUT2D eigenvalue weighted by molar-refractivity contribution is 7.87. The molecule has 0 aromatic carbocycles. The number of aliphatic hydroxyl groups excluding tert-OH is 4. The van der Waals surface area contributed by atoms with Gasteiger partial charge in [0.15, 0.2) is 0 Å². The third-order valence-corrected chi connectivity index (χ3v) is 18.1. The average Bonchev–Trinajstić information content (AvgIpc) is 3.59. The Hall–Kier alpha value is -1.08. The number of aliphatic hydroxyl groups is 4. The van der Waals surface area contributed by atoms with Crippen LogP contribution in [-0.4, -0.2) is 235 Å². The van der Waals surface area contributed by atoms with Gasteiger partial charge in [0.2, 0.25) is 0 Å². The molecule has 4 N–H and O–H groups in total. The topological polar surface area (TPSA) is 585 Å². The Balaban J connectivity index is -0.000000656. The summed E-state index contributed by atoms with van der Waals surface area (Å²) in [4.78, 5) is 0. The number of ether oxygens (including phenoxy) is 5. The van der Waals surface area contributed by atoms with E-state index in [4.69, 9.17) is 44.1 Å². The number of rotatable bonds is 54. The monoisotopic (exact) mass is 1410 g/mol. The van der Waals surface area contributed by atoms with Gasteiger partial charge in [-0.3, -0.25) is 0 Å². The molecule has 524 valence electrons. The van der Waals surface area contributed by atoms with Gasteiger partial charge in [0, 0.05) is 36.2 Å². The van der Waals surface area contributed by atoms with Crippen molar-refractivity contribution in [3.05, 3.63) is 0 Å². The zero-order chi connectivity index (χ0) is 66.8. The van der Waals surface area contributed by atoms with Crippen molar-refractivity contribution in [2.45, 2.75) is 195 Å². The van der Waals surface area contributed by atoms with Crippen molar-refractivity contribution in [2.24, 2.45) is 0 Å². The van der Waals surface area contributed by atoms with E-state index >= 15 is 0 Å². The molecule has 4 unspecified atom stereocenters. The Kier molecular flexibility index (Phi) is 55.7. The molecule has 41 heteroatoms. The second-order valence-corrected chi connectivity index (χ2v) is 31.4. The smallest absolute Gasteiger partial charge is 0.143 e. The third-order valence-electron chi connectivity index (χ3n) is 11.3. The summed E-state index contributed by atoms with van der Waals surface area (Å²) in [7, 11) is -36.2. The van der Waals surface area contributed by atoms with Crippen LogP contribution in [0.5, 0.6) is 0 Å². The molecule has 0 aromatic heterocycles. The molecular weight excluding hydrogens is 1320 g/mol. The van der Waals surface area contributed by atoms with Crippen LogP contribution < -0.4 is 0 Å². The maximum absolute atomic E-state index is 10.5. The molecule has 0 amide bonds. The normalized spacial score (nSPS) is 14.2. The molecule has 0 aliphatic carbocycles. The summed E-state index contributed by atoms with van der Waals surface area (Å²) in [6.07, 6.45) is 17.8. The molecular formula is C45H90O33S8-8. The summed E-state index contributed by atoms with van der Waals surface area (Å²) in [5, 5.41) is 34.6. The van der Waals surface area contributed by atoms with Gasteiger partial charge >= 0.3 is 0 Å². The third kappa shape index (κ3) is 77.2. The summed E-state index contributed by atoms with van der Waals surface area (Å²) in [6, 6.07) is 0. The van der Waals surface area contributed by atoms with Gasteiger partial charge in [-0.05, 0) is 70.6 Å². The molecule has 0 saturated carbocycles. The van der Waals surface area contributed by atoms with Crippen LogP contribution in [-0.2, 0) is 105 Å². The first-order valence-corrected chi connectivity index (χ1v) is 39.8. The second-order valence-electron chi connectivity index (χ2n) is 19.2. The molecule has 0 saturated heterocycles. The minimum atomic E-state index is -4.95. The van der Waals surface area contributed by atoms with Gasteiger partial charge in [0.1, 0.15) is 62.2 Å². The molecule has 0 fully saturated rings. The molecule has 0 bridgehead atoms. The van der Waals surface area contributed by atoms with Crippen LogP contribution >= 0.6 is 0 Å². The number of hydrogen-bond donors (Lipinski definition) is 4. The van der Waals surface area contributed by atoms with Gasteiger partial charge in [-0.2, -0.15) is 0 Å². The maximum atomic E-state index is 10.5. The summed E-state index contributed by atoms with van der Waals surface area (Å²) in [5.41, 5.74) is -8.95. The zero-order valence-corrected chi connectivity index (χ0v) is 54.7. The molecule has 4 atom stereocenters. The van der Waals surface area contributed by atoms with Gasteiger partial charge in [-0.25, -0.2) is 67.3 Å². The van der Waals surface area contributed by atoms with Crippen LogP contribution in [0.4, 0.5) is 0 Å². The summed E-state index contributed by atoms with van der Waals surface area (Å²) in [6.45, 7) is 6.02. The van der Waals surface area contributed by atoms with Gasteiger partial charge in [0.05, 0.1) is 93.3 Å². The fourth-order valence-electron chi connectivity index (χ4n) is 6.66. The van der Waals surface area contributed by atoms with Crippen molar-refractivity contribution in [2.75, 3.05) is 89.1 Å². The standard InChI is InChI=1S/C32H66O11S2.C5H12O8S2.C4H10O8S2.C4H10O6S2/c33-44(34,35)31-19-15-11-7-3-1-5-9-13-17-21-39-23-25-41-27-29-43-30-28-42-26-24-40-22-18-14-10-6-2-4-8-12-16-20-32-45(36,37)38;6-4(14(8,9)10)2-1-3-5(7)15(11,12)13;5-3(13(7,8)9)1-2-4(6)14(10,11)12;5-11(6,7)3-1-2-4-12(8,9)10/h1-32H2,(H,33,34,35)(H,36,37,38);4-7H,1-3H2,(H,8,9,10)(H,11,12,13);3-6H,1-2H2,(H,7,8,9)(H,10,11,12);1-4H2,(H,5,6,7)(H,8,9,10)/p-8. The van der Waals surface area contributed by atoms with E-state index in [0.717, 1.165) is 64.6 Å². The molecule has 0 heterocycles. The Bertz CT molecular complexity index is 2390. The lowest BCUT2D eigenvalue weighted by Crippen LogP contribution is -2.25. The van der Waals surface area contributed by atoms with Crippen LogP contribution in [0.2, 0.25) is 0 Å². The highest BCUT2D eigenvalue weighted by Gasteiger charge is 2.18. The van der Waals surface area contributed by atoms with Gasteiger partial charge in [0.25, 0.3) is 0 Å². The summed E-state index contributed by atoms with van der Waals surface area (Å²) in [5.74, 6) is -1.71. The van der Waals surface area contributed by atoms with E-state index in [1.165, 1.54) is 64.2 Å². The molecule has 86 heavy (non-hydrogen) atoms. The Morgan fingerprint density at radius 3 is 0.547 bits per heavy atom. The highest BCUT2D eigenvalue weighted by Crippen LogP contribution is 2.14. The SMILES string of the molecule is O=S(=O)([O-])C(O)CCC(O)S(=O)(=O)[O-].O=S(=O)([O-])C(O)CCCC(O)S(=O)(=O)[O-].O=S(=O)([O-])CCCCCCCCCCCCOCCOCCOCCOCCOCCCCCCCCCCCCS(=O)(=O)[O-].O=S(=O)([O-])CCCCS(=O)(=O)[O-]. The van der Waals surface area contributed by atoms with Gasteiger partial charge < -0.3 is 80.5 Å². The van der Waals surface area contributed by atoms with Gasteiger partial charge in [-0.1, -0.05) is 103 Å². The fourth-order valence-corrected chi connectivity index (χ4v) is 10.7. The molecule has 0 rings (SSSR count).